The molecule has 0 bridgehead atoms. The summed E-state index contributed by atoms with van der Waals surface area (Å²) in [7, 11) is 0. The highest BCUT2D eigenvalue weighted by atomic mass is 16.4. The monoisotopic (exact) mass is 364 g/mol. The van der Waals surface area contributed by atoms with Crippen LogP contribution in [-0.4, -0.2) is 30.8 Å². The van der Waals surface area contributed by atoms with Crippen molar-refractivity contribution in [2.24, 2.45) is 0 Å². The molecular formula is C21H24N4O2. The summed E-state index contributed by atoms with van der Waals surface area (Å²) in [6.45, 7) is 5.10. The molecule has 0 aliphatic rings. The number of aromatic nitrogens is 4. The van der Waals surface area contributed by atoms with Gasteiger partial charge in [0, 0.05) is 31.1 Å². The Morgan fingerprint density at radius 1 is 1.11 bits per heavy atom. The molecule has 0 unspecified atom stereocenters. The van der Waals surface area contributed by atoms with Crippen LogP contribution in [0.1, 0.15) is 54.3 Å². The van der Waals surface area contributed by atoms with Gasteiger partial charge >= 0.3 is 5.97 Å². The van der Waals surface area contributed by atoms with E-state index >= 15 is 0 Å². The Hall–Kier alpha value is -3.02. The number of carbonyl (C=O) groups is 1. The van der Waals surface area contributed by atoms with Gasteiger partial charge in [0.05, 0.1) is 11.3 Å². The van der Waals surface area contributed by atoms with Crippen LogP contribution in [0.5, 0.6) is 0 Å². The summed E-state index contributed by atoms with van der Waals surface area (Å²) in [5.74, 6) is 0.884. The second-order valence-corrected chi connectivity index (χ2v) is 6.50. The standard InChI is InChI=1S/C21H24N4O2/c1-3-7-19-23-20(25(24-19)12-4-2)13-15-10-11-18(22-14-15)16-8-5-6-9-17(16)21(26)27/h5-6,8-11,14H,3-4,7,12-13H2,1-2H3,(H,26,27). The molecule has 0 saturated carbocycles. The maximum absolute atomic E-state index is 11.4. The van der Waals surface area contributed by atoms with Crippen LogP contribution in [0, 0.1) is 0 Å². The maximum atomic E-state index is 11.4. The predicted molar refractivity (Wildman–Crippen MR) is 104 cm³/mol. The average molecular weight is 364 g/mol. The van der Waals surface area contributed by atoms with Gasteiger partial charge in [0.15, 0.2) is 5.82 Å². The Labute approximate surface area is 158 Å². The Kier molecular flexibility index (Phi) is 5.96. The van der Waals surface area contributed by atoms with Gasteiger partial charge < -0.3 is 5.11 Å². The molecule has 6 nitrogen and oxygen atoms in total. The zero-order valence-electron chi connectivity index (χ0n) is 15.7. The van der Waals surface area contributed by atoms with Crippen LogP contribution in [0.4, 0.5) is 0 Å². The lowest BCUT2D eigenvalue weighted by Gasteiger charge is -2.07. The number of pyridine rings is 1. The van der Waals surface area contributed by atoms with Crippen LogP contribution in [0.3, 0.4) is 0 Å². The number of rotatable bonds is 8. The summed E-state index contributed by atoms with van der Waals surface area (Å²) in [5.41, 5.74) is 2.55. The average Bonchev–Trinajstić information content (AvgIpc) is 3.04. The Balaban J connectivity index is 1.84. The number of carboxylic acids is 1. The Morgan fingerprint density at radius 2 is 1.93 bits per heavy atom. The highest BCUT2D eigenvalue weighted by molar-refractivity contribution is 5.95. The molecule has 0 atom stereocenters. The summed E-state index contributed by atoms with van der Waals surface area (Å²) in [5, 5.41) is 14.0. The van der Waals surface area contributed by atoms with Crippen molar-refractivity contribution in [3.05, 3.63) is 65.4 Å². The SMILES string of the molecule is CCCc1nc(Cc2ccc(-c3ccccc3C(=O)O)nc2)n(CCC)n1. The summed E-state index contributed by atoms with van der Waals surface area (Å²) in [6.07, 6.45) is 5.36. The van der Waals surface area contributed by atoms with E-state index in [2.05, 4.69) is 28.9 Å². The molecule has 0 spiro atoms. The van der Waals surface area contributed by atoms with Crippen molar-refractivity contribution in [3.8, 4) is 11.3 Å². The van der Waals surface area contributed by atoms with Crippen molar-refractivity contribution in [2.75, 3.05) is 0 Å². The lowest BCUT2D eigenvalue weighted by Crippen LogP contribution is -2.06. The van der Waals surface area contributed by atoms with E-state index in [0.29, 0.717) is 17.7 Å². The molecule has 0 fully saturated rings. The van der Waals surface area contributed by atoms with Crippen molar-refractivity contribution >= 4 is 5.97 Å². The molecule has 3 rings (SSSR count). The van der Waals surface area contributed by atoms with E-state index in [9.17, 15) is 9.90 Å². The van der Waals surface area contributed by atoms with E-state index in [1.54, 1.807) is 24.4 Å². The lowest BCUT2D eigenvalue weighted by atomic mass is 10.0. The first-order valence-electron chi connectivity index (χ1n) is 9.32. The van der Waals surface area contributed by atoms with Gasteiger partial charge in [-0.3, -0.25) is 4.98 Å². The van der Waals surface area contributed by atoms with Gasteiger partial charge in [-0.15, -0.1) is 0 Å². The zero-order chi connectivity index (χ0) is 19.2. The van der Waals surface area contributed by atoms with Crippen molar-refractivity contribution in [2.45, 2.75) is 46.1 Å². The topological polar surface area (TPSA) is 80.9 Å². The molecule has 2 heterocycles. The second-order valence-electron chi connectivity index (χ2n) is 6.50. The normalized spacial score (nSPS) is 10.9. The first-order valence-corrected chi connectivity index (χ1v) is 9.32. The summed E-state index contributed by atoms with van der Waals surface area (Å²) in [4.78, 5) is 20.6. The van der Waals surface area contributed by atoms with E-state index in [0.717, 1.165) is 43.0 Å². The molecule has 2 aromatic heterocycles. The van der Waals surface area contributed by atoms with Crippen molar-refractivity contribution in [1.82, 2.24) is 19.7 Å². The number of carboxylic acid groups (broad SMARTS) is 1. The van der Waals surface area contributed by atoms with Crippen molar-refractivity contribution < 1.29 is 9.90 Å². The third-order valence-corrected chi connectivity index (χ3v) is 4.32. The molecule has 1 aromatic carbocycles. The zero-order valence-corrected chi connectivity index (χ0v) is 15.7. The maximum Gasteiger partial charge on any atom is 0.336 e. The fourth-order valence-corrected chi connectivity index (χ4v) is 3.04. The number of aromatic carboxylic acids is 1. The van der Waals surface area contributed by atoms with Crippen LogP contribution < -0.4 is 0 Å². The highest BCUT2D eigenvalue weighted by Gasteiger charge is 2.13. The molecule has 27 heavy (non-hydrogen) atoms. The molecule has 1 N–H and O–H groups in total. The van der Waals surface area contributed by atoms with Gasteiger partial charge in [0.2, 0.25) is 0 Å². The van der Waals surface area contributed by atoms with E-state index < -0.39 is 5.97 Å². The number of aryl methyl sites for hydroxylation is 2. The predicted octanol–water partition coefficient (Wildman–Crippen LogP) is 3.99. The largest absolute Gasteiger partial charge is 0.478 e. The fourth-order valence-electron chi connectivity index (χ4n) is 3.04. The van der Waals surface area contributed by atoms with Crippen LogP contribution in [0.2, 0.25) is 0 Å². The molecule has 3 aromatic rings. The second kappa shape index (κ2) is 8.58. The van der Waals surface area contributed by atoms with E-state index in [-0.39, 0.29) is 5.56 Å². The minimum atomic E-state index is -0.951. The third kappa shape index (κ3) is 4.39. The molecule has 140 valence electrons. The van der Waals surface area contributed by atoms with Gasteiger partial charge in [-0.05, 0) is 30.5 Å². The Bertz CT molecular complexity index is 916. The minimum Gasteiger partial charge on any atom is -0.478 e. The number of hydrogen-bond donors (Lipinski definition) is 1. The molecule has 0 aliphatic heterocycles. The molecule has 0 aliphatic carbocycles. The number of benzene rings is 1. The fraction of sp³-hybridized carbons (Fsp3) is 0.333. The van der Waals surface area contributed by atoms with E-state index in [4.69, 9.17) is 0 Å². The third-order valence-electron chi connectivity index (χ3n) is 4.32. The van der Waals surface area contributed by atoms with Gasteiger partial charge in [-0.2, -0.15) is 5.10 Å². The number of nitrogens with zero attached hydrogens (tertiary/aromatic N) is 4. The summed E-state index contributed by atoms with van der Waals surface area (Å²) < 4.78 is 1.98. The van der Waals surface area contributed by atoms with Gasteiger partial charge in [0.1, 0.15) is 5.82 Å². The minimum absolute atomic E-state index is 0.254. The van der Waals surface area contributed by atoms with E-state index in [1.165, 1.54) is 0 Å². The van der Waals surface area contributed by atoms with E-state index in [1.807, 2.05) is 22.9 Å². The quantitative estimate of drug-likeness (QED) is 0.653. The molecule has 0 amide bonds. The summed E-state index contributed by atoms with van der Waals surface area (Å²) >= 11 is 0. The first-order chi connectivity index (χ1) is 13.1. The van der Waals surface area contributed by atoms with Crippen molar-refractivity contribution in [3.63, 3.8) is 0 Å². The first kappa shape index (κ1) is 18.8. The van der Waals surface area contributed by atoms with Crippen LogP contribution >= 0.6 is 0 Å². The van der Waals surface area contributed by atoms with Gasteiger partial charge in [-0.25, -0.2) is 14.5 Å². The van der Waals surface area contributed by atoms with Gasteiger partial charge in [-0.1, -0.05) is 38.1 Å². The molecule has 0 radical (unpaired) electrons. The number of hydrogen-bond acceptors (Lipinski definition) is 4. The van der Waals surface area contributed by atoms with Crippen LogP contribution in [-0.2, 0) is 19.4 Å². The molecule has 6 heteroatoms. The van der Waals surface area contributed by atoms with Gasteiger partial charge in [0.25, 0.3) is 0 Å². The highest BCUT2D eigenvalue weighted by Crippen LogP contribution is 2.22. The smallest absolute Gasteiger partial charge is 0.336 e. The van der Waals surface area contributed by atoms with Crippen molar-refractivity contribution in [1.29, 1.82) is 0 Å². The lowest BCUT2D eigenvalue weighted by molar-refractivity contribution is 0.0697. The summed E-state index contributed by atoms with van der Waals surface area (Å²) in [6, 6.07) is 10.8. The van der Waals surface area contributed by atoms with Crippen LogP contribution in [0.25, 0.3) is 11.3 Å². The Morgan fingerprint density at radius 3 is 2.59 bits per heavy atom. The van der Waals surface area contributed by atoms with Crippen LogP contribution in [0.15, 0.2) is 42.6 Å². The molecule has 0 saturated heterocycles. The molecular weight excluding hydrogens is 340 g/mol.